The molecule has 0 saturated carbocycles. The van der Waals surface area contributed by atoms with Gasteiger partial charge in [0.15, 0.2) is 17.7 Å². The Bertz CT molecular complexity index is 1030. The molecular formula is C17H18N5O6S-. The van der Waals surface area contributed by atoms with Crippen molar-refractivity contribution in [3.63, 3.8) is 0 Å². The Morgan fingerprint density at radius 1 is 1.21 bits per heavy atom. The highest BCUT2D eigenvalue weighted by molar-refractivity contribution is 7.79. The highest BCUT2D eigenvalue weighted by atomic mass is 32.2. The summed E-state index contributed by atoms with van der Waals surface area (Å²) < 4.78 is 34.6. The molecule has 11 nitrogen and oxygen atoms in total. The van der Waals surface area contributed by atoms with Gasteiger partial charge in [-0.15, -0.1) is 0 Å². The molecule has 154 valence electrons. The van der Waals surface area contributed by atoms with E-state index in [0.29, 0.717) is 11.2 Å². The zero-order valence-corrected chi connectivity index (χ0v) is 15.8. The second-order valence-electron chi connectivity index (χ2n) is 6.52. The van der Waals surface area contributed by atoms with Crippen molar-refractivity contribution in [2.75, 3.05) is 12.3 Å². The molecule has 3 heterocycles. The van der Waals surface area contributed by atoms with E-state index in [-0.39, 0.29) is 23.9 Å². The van der Waals surface area contributed by atoms with Crippen LogP contribution in [0.25, 0.3) is 11.2 Å². The first kappa shape index (κ1) is 19.8. The maximum atomic E-state index is 10.9. The minimum absolute atomic E-state index is 0.0215. The average Bonchev–Trinajstić information content (AvgIpc) is 3.26. The van der Waals surface area contributed by atoms with Crippen molar-refractivity contribution in [1.82, 2.24) is 19.5 Å². The second-order valence-corrected chi connectivity index (χ2v) is 7.46. The molecular weight excluding hydrogens is 402 g/mol. The quantitative estimate of drug-likeness (QED) is 0.441. The monoisotopic (exact) mass is 420 g/mol. The van der Waals surface area contributed by atoms with Crippen LogP contribution in [0.1, 0.15) is 11.8 Å². The zero-order chi connectivity index (χ0) is 20.5. The molecule has 5 atom stereocenters. The molecule has 2 unspecified atom stereocenters. The number of aliphatic hydroxyl groups is 2. The van der Waals surface area contributed by atoms with E-state index < -0.39 is 35.6 Å². The number of benzene rings is 1. The first-order chi connectivity index (χ1) is 14.0. The van der Waals surface area contributed by atoms with Gasteiger partial charge in [-0.2, -0.15) is 0 Å². The Balaban J connectivity index is 1.41. The number of fused-ring (bicyclic) bond motifs is 1. The van der Waals surface area contributed by atoms with E-state index in [1.54, 1.807) is 12.1 Å². The van der Waals surface area contributed by atoms with Crippen LogP contribution < -0.4 is 5.73 Å². The Morgan fingerprint density at radius 2 is 1.97 bits per heavy atom. The molecule has 0 radical (unpaired) electrons. The summed E-state index contributed by atoms with van der Waals surface area (Å²) in [6.07, 6.45) is -1.39. The number of nitrogens with two attached hydrogens (primary N) is 1. The van der Waals surface area contributed by atoms with Gasteiger partial charge in [-0.1, -0.05) is 12.1 Å². The number of rotatable bonds is 6. The largest absolute Gasteiger partial charge is 0.768 e. The maximum absolute atomic E-state index is 10.9. The first-order valence-corrected chi connectivity index (χ1v) is 9.73. The standard InChI is InChI=1S/C17H19N5O6S/c18-15-12-16(20-7-19-15)22(8-21-12)17-14(24)13(23)11(28-17)6-27-5-9-1-3-10(4-2-9)29(25)26/h1-4,7-8,11,13-14,17,23-24H,5-6H2,(H,25,26)(H2,18,19,20)/p-1/t11-,13-,14-,17?/m1/s1. The lowest BCUT2D eigenvalue weighted by Crippen LogP contribution is -2.33. The summed E-state index contributed by atoms with van der Waals surface area (Å²) in [5.74, 6) is 0.202. The number of aliphatic hydroxyl groups excluding tert-OH is 2. The number of aromatic nitrogens is 4. The molecule has 4 rings (SSSR count). The fourth-order valence-electron chi connectivity index (χ4n) is 3.14. The van der Waals surface area contributed by atoms with Crippen molar-refractivity contribution < 1.29 is 28.4 Å². The van der Waals surface area contributed by atoms with Gasteiger partial charge in [-0.25, -0.2) is 15.0 Å². The normalized spacial score (nSPS) is 25.5. The predicted octanol–water partition coefficient (Wildman–Crippen LogP) is -0.518. The Morgan fingerprint density at radius 3 is 2.69 bits per heavy atom. The lowest BCUT2D eigenvalue weighted by Gasteiger charge is -2.16. The molecule has 0 spiro atoms. The number of nitrogens with zero attached hydrogens (tertiary/aromatic N) is 4. The molecule has 0 amide bonds. The highest BCUT2D eigenvalue weighted by Crippen LogP contribution is 2.32. The summed E-state index contributed by atoms with van der Waals surface area (Å²) in [4.78, 5) is 12.3. The molecule has 1 aromatic carbocycles. The molecule has 1 fully saturated rings. The van der Waals surface area contributed by atoms with Gasteiger partial charge in [0.1, 0.15) is 30.2 Å². The molecule has 12 heteroatoms. The van der Waals surface area contributed by atoms with Crippen LogP contribution in [0.3, 0.4) is 0 Å². The Kier molecular flexibility index (Phi) is 5.54. The third-order valence-electron chi connectivity index (χ3n) is 4.67. The molecule has 1 saturated heterocycles. The molecule has 0 aliphatic carbocycles. The third-order valence-corrected chi connectivity index (χ3v) is 5.32. The van der Waals surface area contributed by atoms with Gasteiger partial charge in [0.05, 0.1) is 19.5 Å². The summed E-state index contributed by atoms with van der Waals surface area (Å²) in [6.45, 7) is 0.213. The molecule has 1 aliphatic heterocycles. The molecule has 3 aromatic rings. The van der Waals surface area contributed by atoms with E-state index in [4.69, 9.17) is 15.2 Å². The number of anilines is 1. The van der Waals surface area contributed by atoms with Crippen molar-refractivity contribution in [1.29, 1.82) is 0 Å². The van der Waals surface area contributed by atoms with Crippen LogP contribution in [0.15, 0.2) is 41.8 Å². The van der Waals surface area contributed by atoms with Gasteiger partial charge in [0.25, 0.3) is 0 Å². The number of hydrogen-bond donors (Lipinski definition) is 3. The van der Waals surface area contributed by atoms with Gasteiger partial charge in [-0.05, 0) is 28.8 Å². The minimum Gasteiger partial charge on any atom is -0.768 e. The van der Waals surface area contributed by atoms with Crippen LogP contribution in [0.4, 0.5) is 5.82 Å². The zero-order valence-electron chi connectivity index (χ0n) is 15.0. The van der Waals surface area contributed by atoms with E-state index in [2.05, 4.69) is 15.0 Å². The summed E-state index contributed by atoms with van der Waals surface area (Å²) in [5, 5.41) is 20.7. The van der Waals surface area contributed by atoms with E-state index in [1.165, 1.54) is 29.4 Å². The summed E-state index contributed by atoms with van der Waals surface area (Å²) in [7, 11) is 0. The van der Waals surface area contributed by atoms with Gasteiger partial charge in [0.2, 0.25) is 0 Å². The summed E-state index contributed by atoms with van der Waals surface area (Å²) in [6, 6.07) is 6.22. The Labute approximate surface area is 167 Å². The summed E-state index contributed by atoms with van der Waals surface area (Å²) >= 11 is -2.28. The van der Waals surface area contributed by atoms with Crippen molar-refractivity contribution in [3.05, 3.63) is 42.5 Å². The van der Waals surface area contributed by atoms with Crippen LogP contribution in [0, 0.1) is 0 Å². The second kappa shape index (κ2) is 8.10. The van der Waals surface area contributed by atoms with Gasteiger partial charge < -0.3 is 30.0 Å². The average molecular weight is 420 g/mol. The van der Waals surface area contributed by atoms with Crippen LogP contribution in [0.5, 0.6) is 0 Å². The Hall–Kier alpha value is -2.48. The van der Waals surface area contributed by atoms with Crippen LogP contribution in [-0.2, 0) is 27.2 Å². The smallest absolute Gasteiger partial charge is 0.167 e. The molecule has 1 aliphatic rings. The van der Waals surface area contributed by atoms with E-state index in [9.17, 15) is 19.0 Å². The maximum Gasteiger partial charge on any atom is 0.167 e. The van der Waals surface area contributed by atoms with Gasteiger partial charge in [0, 0.05) is 4.90 Å². The minimum atomic E-state index is -2.28. The number of ether oxygens (including phenoxy) is 2. The molecule has 2 aromatic heterocycles. The van der Waals surface area contributed by atoms with E-state index in [0.717, 1.165) is 5.56 Å². The molecule has 29 heavy (non-hydrogen) atoms. The first-order valence-electron chi connectivity index (χ1n) is 8.66. The van der Waals surface area contributed by atoms with Crippen LogP contribution >= 0.6 is 0 Å². The number of nitrogen functional groups attached to an aromatic ring is 1. The van der Waals surface area contributed by atoms with E-state index in [1.807, 2.05) is 0 Å². The number of imidazole rings is 1. The van der Waals surface area contributed by atoms with Crippen molar-refractivity contribution in [2.24, 2.45) is 0 Å². The fraction of sp³-hybridized carbons (Fsp3) is 0.353. The lowest BCUT2D eigenvalue weighted by atomic mass is 10.1. The molecule has 4 N–H and O–H groups in total. The van der Waals surface area contributed by atoms with Crippen LogP contribution in [0.2, 0.25) is 0 Å². The van der Waals surface area contributed by atoms with Crippen molar-refractivity contribution in [3.8, 4) is 0 Å². The summed E-state index contributed by atoms with van der Waals surface area (Å²) in [5.41, 5.74) is 7.29. The van der Waals surface area contributed by atoms with Crippen molar-refractivity contribution >= 4 is 28.1 Å². The number of hydrogen-bond acceptors (Lipinski definition) is 10. The lowest BCUT2D eigenvalue weighted by molar-refractivity contribution is -0.0682. The molecule has 0 bridgehead atoms. The van der Waals surface area contributed by atoms with E-state index >= 15 is 0 Å². The fourth-order valence-corrected chi connectivity index (χ4v) is 3.50. The third kappa shape index (κ3) is 3.85. The van der Waals surface area contributed by atoms with Crippen LogP contribution in [-0.4, -0.2) is 63.4 Å². The topological polar surface area (TPSA) is 169 Å². The van der Waals surface area contributed by atoms with Crippen molar-refractivity contribution in [2.45, 2.75) is 36.0 Å². The predicted molar refractivity (Wildman–Crippen MR) is 98.9 cm³/mol. The SMILES string of the molecule is Nc1ncnc2c1ncn2C1O[C@H](COCc2ccc(S(=O)[O-])cc2)[C@@H](O)[C@H]1O. The van der Waals surface area contributed by atoms with Gasteiger partial charge in [-0.3, -0.25) is 8.78 Å². The van der Waals surface area contributed by atoms with Gasteiger partial charge >= 0.3 is 0 Å². The highest BCUT2D eigenvalue weighted by Gasteiger charge is 2.44.